The smallest absolute Gasteiger partial charge is 0.173 e. The summed E-state index contributed by atoms with van der Waals surface area (Å²) in [7, 11) is 0. The minimum absolute atomic E-state index is 0.177. The van der Waals surface area contributed by atoms with E-state index in [1.165, 1.54) is 0 Å². The van der Waals surface area contributed by atoms with E-state index in [0.29, 0.717) is 22.9 Å². The van der Waals surface area contributed by atoms with Crippen LogP contribution in [0.4, 0.5) is 17.6 Å². The Labute approximate surface area is 193 Å². The molecular weight excluding hydrogens is 460 g/mol. The van der Waals surface area contributed by atoms with Gasteiger partial charge in [-0.25, -0.2) is 17.6 Å². The summed E-state index contributed by atoms with van der Waals surface area (Å²) in [4.78, 5) is 0. The van der Waals surface area contributed by atoms with E-state index in [1.54, 1.807) is 0 Å². The summed E-state index contributed by atoms with van der Waals surface area (Å²) < 4.78 is 59.4. The highest BCUT2D eigenvalue weighted by atomic mass is 32.1. The Balaban J connectivity index is 1.84. The number of rotatable bonds is 12. The number of hydrogen-bond acceptors (Lipinski definition) is 6. The summed E-state index contributed by atoms with van der Waals surface area (Å²) in [5.41, 5.74) is -1.66. The van der Waals surface area contributed by atoms with Crippen molar-refractivity contribution in [2.45, 2.75) is 78.1 Å². The van der Waals surface area contributed by atoms with Gasteiger partial charge in [0.05, 0.1) is 11.1 Å². The van der Waals surface area contributed by atoms with Crippen molar-refractivity contribution in [2.75, 3.05) is 0 Å². The maximum absolute atomic E-state index is 14.8. The number of benzene rings is 1. The van der Waals surface area contributed by atoms with E-state index < -0.39 is 34.4 Å². The van der Waals surface area contributed by atoms with E-state index in [0.717, 1.165) is 74.0 Å². The van der Waals surface area contributed by atoms with Crippen molar-refractivity contribution >= 4 is 22.7 Å². The molecule has 0 aliphatic carbocycles. The molecule has 3 aromatic rings. The van der Waals surface area contributed by atoms with Gasteiger partial charge in [-0.3, -0.25) is 0 Å². The molecule has 174 valence electrons. The second-order valence-electron chi connectivity index (χ2n) is 7.63. The predicted octanol–water partition coefficient (Wildman–Crippen LogP) is 7.53. The number of unbranched alkanes of at least 4 members (excludes halogenated alkanes) is 6. The number of halogens is 4. The van der Waals surface area contributed by atoms with E-state index in [-0.39, 0.29) is 10.0 Å². The predicted molar refractivity (Wildman–Crippen MR) is 120 cm³/mol. The molecular formula is C22H26F4N4S2. The van der Waals surface area contributed by atoms with Gasteiger partial charge in [0, 0.05) is 12.8 Å². The average molecular weight is 487 g/mol. The molecule has 0 aliphatic heterocycles. The number of aryl methyl sites for hydroxylation is 2. The first kappa shape index (κ1) is 24.7. The molecule has 0 fully saturated rings. The molecule has 0 N–H and O–H groups in total. The summed E-state index contributed by atoms with van der Waals surface area (Å²) in [5, 5.41) is 16.2. The van der Waals surface area contributed by atoms with Gasteiger partial charge >= 0.3 is 0 Å². The fraction of sp³-hybridized carbons (Fsp3) is 0.545. The summed E-state index contributed by atoms with van der Waals surface area (Å²) in [5.74, 6) is -5.97. The Kier molecular flexibility index (Phi) is 9.10. The normalized spacial score (nSPS) is 11.4. The average Bonchev–Trinajstić information content (AvgIpc) is 3.43. The van der Waals surface area contributed by atoms with Gasteiger partial charge < -0.3 is 0 Å². The van der Waals surface area contributed by atoms with Crippen LogP contribution in [0, 0.1) is 23.3 Å². The molecule has 2 heterocycles. The lowest BCUT2D eigenvalue weighted by Gasteiger charge is -2.08. The summed E-state index contributed by atoms with van der Waals surface area (Å²) in [6, 6.07) is 0. The fourth-order valence-electron chi connectivity index (χ4n) is 3.32. The van der Waals surface area contributed by atoms with Gasteiger partial charge in [-0.15, -0.1) is 20.4 Å². The van der Waals surface area contributed by atoms with Gasteiger partial charge in [0.15, 0.2) is 33.3 Å². The zero-order valence-corrected chi connectivity index (χ0v) is 19.8. The molecule has 0 aliphatic rings. The van der Waals surface area contributed by atoms with Crippen LogP contribution < -0.4 is 0 Å². The van der Waals surface area contributed by atoms with E-state index in [2.05, 4.69) is 34.2 Å². The molecule has 3 rings (SSSR count). The van der Waals surface area contributed by atoms with Crippen molar-refractivity contribution in [2.24, 2.45) is 0 Å². The third-order valence-corrected chi connectivity index (χ3v) is 7.11. The van der Waals surface area contributed by atoms with Crippen LogP contribution in [0.5, 0.6) is 0 Å². The number of nitrogens with zero attached hydrogens (tertiary/aromatic N) is 4. The van der Waals surface area contributed by atoms with Gasteiger partial charge in [-0.05, 0) is 12.8 Å². The molecule has 2 aromatic heterocycles. The monoisotopic (exact) mass is 486 g/mol. The van der Waals surface area contributed by atoms with Crippen LogP contribution in [-0.2, 0) is 12.8 Å². The molecule has 0 radical (unpaired) electrons. The fourth-order valence-corrected chi connectivity index (χ4v) is 5.15. The summed E-state index contributed by atoms with van der Waals surface area (Å²) in [6.07, 6.45) is 9.29. The molecule has 1 aromatic carbocycles. The quantitative estimate of drug-likeness (QED) is 0.151. The standard InChI is InChI=1S/C22H26F4N4S2/c1-3-5-7-9-11-13-27-29-21(31-13)15-17(23)19(25)16(20(26)18(15)24)22-30-28-14(32-22)12-10-8-6-4-2/h3-12H2,1-2H3. The van der Waals surface area contributed by atoms with Crippen LogP contribution in [0.2, 0.25) is 0 Å². The first-order valence-corrected chi connectivity index (χ1v) is 12.6. The molecule has 0 saturated heterocycles. The van der Waals surface area contributed by atoms with Crippen LogP contribution >= 0.6 is 22.7 Å². The van der Waals surface area contributed by atoms with Crippen molar-refractivity contribution in [3.63, 3.8) is 0 Å². The zero-order chi connectivity index (χ0) is 23.1. The molecule has 4 nitrogen and oxygen atoms in total. The van der Waals surface area contributed by atoms with Gasteiger partial charge in [-0.2, -0.15) is 0 Å². The number of hydrogen-bond donors (Lipinski definition) is 0. The Morgan fingerprint density at radius 3 is 1.25 bits per heavy atom. The molecule has 0 bridgehead atoms. The van der Waals surface area contributed by atoms with E-state index in [1.807, 2.05) is 0 Å². The maximum atomic E-state index is 14.8. The van der Waals surface area contributed by atoms with E-state index in [9.17, 15) is 17.6 Å². The van der Waals surface area contributed by atoms with Crippen LogP contribution in [0.3, 0.4) is 0 Å². The van der Waals surface area contributed by atoms with Gasteiger partial charge in [0.25, 0.3) is 0 Å². The minimum Gasteiger partial charge on any atom is -0.203 e. The Bertz CT molecular complexity index is 925. The largest absolute Gasteiger partial charge is 0.203 e. The highest BCUT2D eigenvalue weighted by Gasteiger charge is 2.30. The van der Waals surface area contributed by atoms with Crippen LogP contribution in [0.1, 0.15) is 75.2 Å². The molecule has 0 unspecified atom stereocenters. The van der Waals surface area contributed by atoms with E-state index in [4.69, 9.17) is 0 Å². The Morgan fingerprint density at radius 1 is 0.531 bits per heavy atom. The topological polar surface area (TPSA) is 51.6 Å². The highest BCUT2D eigenvalue weighted by molar-refractivity contribution is 7.15. The molecule has 0 saturated carbocycles. The SMILES string of the molecule is CCCCCCc1nnc(-c2c(F)c(F)c(-c3nnc(CCCCCC)s3)c(F)c2F)s1. The lowest BCUT2D eigenvalue weighted by atomic mass is 10.1. The van der Waals surface area contributed by atoms with Gasteiger partial charge in [0.2, 0.25) is 0 Å². The van der Waals surface area contributed by atoms with Crippen molar-refractivity contribution < 1.29 is 17.6 Å². The molecule has 0 spiro atoms. The molecule has 32 heavy (non-hydrogen) atoms. The Morgan fingerprint density at radius 2 is 0.906 bits per heavy atom. The van der Waals surface area contributed by atoms with E-state index >= 15 is 0 Å². The third-order valence-electron chi connectivity index (χ3n) is 5.11. The zero-order valence-electron chi connectivity index (χ0n) is 18.2. The second-order valence-corrected chi connectivity index (χ2v) is 9.75. The van der Waals surface area contributed by atoms with Crippen molar-refractivity contribution in [1.29, 1.82) is 0 Å². The van der Waals surface area contributed by atoms with Gasteiger partial charge in [0.1, 0.15) is 10.0 Å². The molecule has 0 amide bonds. The van der Waals surface area contributed by atoms with Crippen LogP contribution in [0.25, 0.3) is 21.1 Å². The van der Waals surface area contributed by atoms with Crippen LogP contribution in [-0.4, -0.2) is 20.4 Å². The maximum Gasteiger partial charge on any atom is 0.173 e. The lowest BCUT2D eigenvalue weighted by Crippen LogP contribution is -2.03. The minimum atomic E-state index is -1.49. The Hall–Kier alpha value is -1.94. The summed E-state index contributed by atoms with van der Waals surface area (Å²) in [6.45, 7) is 4.19. The van der Waals surface area contributed by atoms with Crippen molar-refractivity contribution in [1.82, 2.24) is 20.4 Å². The summed E-state index contributed by atoms with van der Waals surface area (Å²) >= 11 is 1.90. The van der Waals surface area contributed by atoms with Crippen molar-refractivity contribution in [3.05, 3.63) is 33.3 Å². The van der Waals surface area contributed by atoms with Crippen LogP contribution in [0.15, 0.2) is 0 Å². The first-order valence-electron chi connectivity index (χ1n) is 11.0. The highest BCUT2D eigenvalue weighted by Crippen LogP contribution is 2.38. The lowest BCUT2D eigenvalue weighted by molar-refractivity contribution is 0.462. The van der Waals surface area contributed by atoms with Gasteiger partial charge in [-0.1, -0.05) is 75.0 Å². The first-order chi connectivity index (χ1) is 15.5. The third kappa shape index (κ3) is 5.70. The van der Waals surface area contributed by atoms with Crippen molar-refractivity contribution in [3.8, 4) is 21.1 Å². The number of aromatic nitrogens is 4. The molecule has 0 atom stereocenters. The molecule has 10 heteroatoms. The second kappa shape index (κ2) is 11.8.